The lowest BCUT2D eigenvalue weighted by molar-refractivity contribution is -0.117. The molecule has 0 bridgehead atoms. The highest BCUT2D eigenvalue weighted by Crippen LogP contribution is 2.04. The van der Waals surface area contributed by atoms with E-state index >= 15 is 0 Å². The smallest absolute Gasteiger partial charge is 0.237 e. The number of rotatable bonds is 1. The maximum Gasteiger partial charge on any atom is 0.237 e. The zero-order chi connectivity index (χ0) is 8.48. The summed E-state index contributed by atoms with van der Waals surface area (Å²) >= 11 is 0. The quantitative estimate of drug-likeness (QED) is 0.479. The van der Waals surface area contributed by atoms with Gasteiger partial charge in [-0.1, -0.05) is 0 Å². The van der Waals surface area contributed by atoms with E-state index in [1.54, 1.807) is 0 Å². The van der Waals surface area contributed by atoms with Crippen molar-refractivity contribution in [3.8, 4) is 0 Å². The minimum atomic E-state index is -3.26. The molecule has 0 aromatic rings. The van der Waals surface area contributed by atoms with Gasteiger partial charge in [0.1, 0.15) is 0 Å². The average Bonchev–Trinajstić information content (AvgIpc) is 1.85. The molecule has 1 atom stereocenters. The molecular weight excluding hydrogens is 168 g/mol. The average molecular weight is 178 g/mol. The number of amides is 1. The molecule has 1 rings (SSSR count). The fourth-order valence-corrected chi connectivity index (χ4v) is 2.43. The molecule has 1 aliphatic rings. The second-order valence-electron chi connectivity index (χ2n) is 2.46. The van der Waals surface area contributed by atoms with Gasteiger partial charge in [0.25, 0.3) is 0 Å². The molecule has 1 unspecified atom stereocenters. The molecule has 1 saturated heterocycles. The van der Waals surface area contributed by atoms with Crippen molar-refractivity contribution in [1.82, 2.24) is 5.32 Å². The summed E-state index contributed by atoms with van der Waals surface area (Å²) in [6.45, 7) is 0.559. The largest absolute Gasteiger partial charge is 0.369 e. The van der Waals surface area contributed by atoms with E-state index in [2.05, 4.69) is 5.32 Å². The minimum Gasteiger partial charge on any atom is -0.369 e. The van der Waals surface area contributed by atoms with Gasteiger partial charge < -0.3 is 11.1 Å². The van der Waals surface area contributed by atoms with Crippen LogP contribution in [-0.2, 0) is 14.6 Å². The van der Waals surface area contributed by atoms with Gasteiger partial charge in [-0.2, -0.15) is 0 Å². The topological polar surface area (TPSA) is 89.3 Å². The second kappa shape index (κ2) is 2.78. The molecule has 1 aliphatic heterocycles. The van der Waals surface area contributed by atoms with Gasteiger partial charge in [-0.05, 0) is 0 Å². The first-order valence-corrected chi connectivity index (χ1v) is 4.97. The lowest BCUT2D eigenvalue weighted by atomic mass is 10.4. The van der Waals surface area contributed by atoms with E-state index in [1.807, 2.05) is 0 Å². The lowest BCUT2D eigenvalue weighted by Crippen LogP contribution is -2.50. The number of carbonyl (C=O) groups excluding carboxylic acids is 1. The van der Waals surface area contributed by atoms with Crippen LogP contribution in [0.2, 0.25) is 0 Å². The van der Waals surface area contributed by atoms with Crippen LogP contribution in [0.25, 0.3) is 0 Å². The fraction of sp³-hybridized carbons (Fsp3) is 0.800. The predicted molar refractivity (Wildman–Crippen MR) is 39.6 cm³/mol. The highest BCUT2D eigenvalue weighted by atomic mass is 32.2. The Balaban J connectivity index is 2.85. The Bertz CT molecular complexity index is 259. The molecule has 5 nitrogen and oxygen atoms in total. The fourth-order valence-electron chi connectivity index (χ4n) is 0.994. The van der Waals surface area contributed by atoms with Gasteiger partial charge in [0, 0.05) is 13.1 Å². The van der Waals surface area contributed by atoms with E-state index in [9.17, 15) is 13.2 Å². The van der Waals surface area contributed by atoms with Gasteiger partial charge in [0.05, 0.1) is 5.75 Å². The van der Waals surface area contributed by atoms with Crippen LogP contribution in [0.15, 0.2) is 0 Å². The standard InChI is InChI=1S/C5H10N2O3S/c6-5(8)4-3-7-1-2-11(4,9)10/h4,7H,1-3H2,(H2,6,8). The van der Waals surface area contributed by atoms with Crippen molar-refractivity contribution < 1.29 is 13.2 Å². The Labute approximate surface area is 64.9 Å². The summed E-state index contributed by atoms with van der Waals surface area (Å²) in [6, 6.07) is 0. The Kier molecular flexibility index (Phi) is 2.15. The molecular formula is C5H10N2O3S. The van der Waals surface area contributed by atoms with E-state index in [0.29, 0.717) is 6.54 Å². The van der Waals surface area contributed by atoms with Crippen molar-refractivity contribution in [1.29, 1.82) is 0 Å². The zero-order valence-electron chi connectivity index (χ0n) is 5.91. The number of nitrogens with two attached hydrogens (primary N) is 1. The Morgan fingerprint density at radius 3 is 2.55 bits per heavy atom. The number of sulfone groups is 1. The summed E-state index contributed by atoms with van der Waals surface area (Å²) in [5, 5.41) is 1.76. The van der Waals surface area contributed by atoms with Crippen molar-refractivity contribution >= 4 is 15.7 Å². The second-order valence-corrected chi connectivity index (χ2v) is 4.77. The number of primary amides is 1. The SMILES string of the molecule is NC(=O)C1CNCCS1(=O)=O. The van der Waals surface area contributed by atoms with Gasteiger partial charge in [-0.3, -0.25) is 4.79 Å². The predicted octanol–water partition coefficient (Wildman–Crippen LogP) is -2.14. The van der Waals surface area contributed by atoms with Crippen LogP contribution in [0.3, 0.4) is 0 Å². The highest BCUT2D eigenvalue weighted by molar-refractivity contribution is 7.92. The molecule has 11 heavy (non-hydrogen) atoms. The van der Waals surface area contributed by atoms with Crippen LogP contribution in [0.1, 0.15) is 0 Å². The summed E-state index contributed by atoms with van der Waals surface area (Å²) in [4.78, 5) is 10.6. The molecule has 1 amide bonds. The van der Waals surface area contributed by atoms with Crippen LogP contribution in [-0.4, -0.2) is 38.4 Å². The van der Waals surface area contributed by atoms with E-state index in [1.165, 1.54) is 0 Å². The van der Waals surface area contributed by atoms with Crippen LogP contribution in [0.5, 0.6) is 0 Å². The Hall–Kier alpha value is -0.620. The first kappa shape index (κ1) is 8.48. The van der Waals surface area contributed by atoms with E-state index in [4.69, 9.17) is 5.73 Å². The molecule has 0 radical (unpaired) electrons. The van der Waals surface area contributed by atoms with Gasteiger partial charge in [-0.25, -0.2) is 8.42 Å². The number of nitrogens with one attached hydrogen (secondary N) is 1. The van der Waals surface area contributed by atoms with Crippen LogP contribution >= 0.6 is 0 Å². The molecule has 6 heteroatoms. The third-order valence-electron chi connectivity index (χ3n) is 1.64. The maximum absolute atomic E-state index is 11.1. The molecule has 3 N–H and O–H groups in total. The first-order valence-electron chi connectivity index (χ1n) is 3.25. The van der Waals surface area contributed by atoms with E-state index < -0.39 is 21.0 Å². The first-order chi connectivity index (χ1) is 5.04. The van der Waals surface area contributed by atoms with E-state index in [-0.39, 0.29) is 12.3 Å². The Morgan fingerprint density at radius 1 is 1.55 bits per heavy atom. The summed E-state index contributed by atoms with van der Waals surface area (Å²) in [6.07, 6.45) is 0. The molecule has 0 saturated carbocycles. The third-order valence-corrected chi connectivity index (χ3v) is 3.68. The van der Waals surface area contributed by atoms with E-state index in [0.717, 1.165) is 0 Å². The summed E-state index contributed by atoms with van der Waals surface area (Å²) in [5.41, 5.74) is 4.88. The van der Waals surface area contributed by atoms with Crippen LogP contribution in [0, 0.1) is 0 Å². The highest BCUT2D eigenvalue weighted by Gasteiger charge is 2.32. The summed E-state index contributed by atoms with van der Waals surface area (Å²) in [7, 11) is -3.26. The summed E-state index contributed by atoms with van der Waals surface area (Å²) < 4.78 is 22.2. The van der Waals surface area contributed by atoms with Gasteiger partial charge in [-0.15, -0.1) is 0 Å². The minimum absolute atomic E-state index is 0.000602. The van der Waals surface area contributed by atoms with Crippen molar-refractivity contribution in [3.63, 3.8) is 0 Å². The van der Waals surface area contributed by atoms with Gasteiger partial charge >= 0.3 is 0 Å². The van der Waals surface area contributed by atoms with Crippen molar-refractivity contribution in [3.05, 3.63) is 0 Å². The van der Waals surface area contributed by atoms with Gasteiger partial charge in [0.2, 0.25) is 5.91 Å². The number of hydrogen-bond donors (Lipinski definition) is 2. The normalized spacial score (nSPS) is 29.6. The summed E-state index contributed by atoms with van der Waals surface area (Å²) in [5.74, 6) is -0.766. The molecule has 1 fully saturated rings. The Morgan fingerprint density at radius 2 is 2.18 bits per heavy atom. The van der Waals surface area contributed by atoms with Crippen molar-refractivity contribution in [2.75, 3.05) is 18.8 Å². The molecule has 1 heterocycles. The molecule has 0 aromatic carbocycles. The monoisotopic (exact) mass is 178 g/mol. The lowest BCUT2D eigenvalue weighted by Gasteiger charge is -2.19. The number of hydrogen-bond acceptors (Lipinski definition) is 4. The molecule has 64 valence electrons. The number of carbonyl (C=O) groups is 1. The molecule has 0 spiro atoms. The molecule has 0 aliphatic carbocycles. The zero-order valence-corrected chi connectivity index (χ0v) is 6.73. The third kappa shape index (κ3) is 1.69. The van der Waals surface area contributed by atoms with Crippen LogP contribution < -0.4 is 11.1 Å². The van der Waals surface area contributed by atoms with Crippen molar-refractivity contribution in [2.45, 2.75) is 5.25 Å². The maximum atomic E-state index is 11.1. The molecule has 0 aromatic heterocycles. The van der Waals surface area contributed by atoms with Gasteiger partial charge in [0.15, 0.2) is 15.1 Å². The van der Waals surface area contributed by atoms with Crippen LogP contribution in [0.4, 0.5) is 0 Å². The van der Waals surface area contributed by atoms with Crippen molar-refractivity contribution in [2.24, 2.45) is 5.73 Å².